The maximum atomic E-state index is 11.8. The van der Waals surface area contributed by atoms with Crippen LogP contribution in [0.5, 0.6) is 0 Å². The molecular formula is C51H64NO2+. The van der Waals surface area contributed by atoms with Crippen molar-refractivity contribution in [2.75, 3.05) is 6.73 Å². The summed E-state index contributed by atoms with van der Waals surface area (Å²) in [6, 6.07) is 35.9. The van der Waals surface area contributed by atoms with Gasteiger partial charge in [-0.1, -0.05) is 139 Å². The Hall–Kier alpha value is -4.76. The minimum absolute atomic E-state index is 0.0102. The Balaban J connectivity index is 0.00000157. The predicted molar refractivity (Wildman–Crippen MR) is 232 cm³/mol. The van der Waals surface area contributed by atoms with E-state index in [-0.39, 0.29) is 5.78 Å². The van der Waals surface area contributed by atoms with Crippen LogP contribution in [0.3, 0.4) is 0 Å². The first-order chi connectivity index (χ1) is 26.4. The topological polar surface area (TPSA) is 29.3 Å². The molecule has 0 aromatic heterocycles. The number of benzene rings is 4. The van der Waals surface area contributed by atoms with E-state index in [9.17, 15) is 4.79 Å². The molecule has 0 spiro atoms. The average molecular weight is 723 g/mol. The SMILES string of the molecule is CC.CC.CC(=O)/C=C(/C)OC/[N+](=C1\c2cc(-c3cccc(CCCCCCc4ccccc4)c3)ccc2C(C)C1C)c1ccc(C2=CC=CCC2)cc1. The third kappa shape index (κ3) is 11.4. The summed E-state index contributed by atoms with van der Waals surface area (Å²) in [5.41, 5.74) is 13.0. The number of fused-ring (bicyclic) bond motifs is 1. The molecule has 284 valence electrons. The Kier molecular flexibility index (Phi) is 17.0. The van der Waals surface area contributed by atoms with Crippen molar-refractivity contribution in [3.63, 3.8) is 0 Å². The fraction of sp³-hybridized carbons (Fsp3) is 0.373. The van der Waals surface area contributed by atoms with Crippen LogP contribution in [0.4, 0.5) is 5.69 Å². The molecule has 2 unspecified atom stereocenters. The maximum absolute atomic E-state index is 11.8. The van der Waals surface area contributed by atoms with Gasteiger partial charge in [-0.15, -0.1) is 0 Å². The van der Waals surface area contributed by atoms with E-state index >= 15 is 0 Å². The molecule has 3 heteroatoms. The molecule has 2 atom stereocenters. The third-order valence-electron chi connectivity index (χ3n) is 10.5. The molecule has 0 amide bonds. The van der Waals surface area contributed by atoms with Crippen molar-refractivity contribution < 1.29 is 14.1 Å². The maximum Gasteiger partial charge on any atom is 0.292 e. The van der Waals surface area contributed by atoms with Gasteiger partial charge in [0.05, 0.1) is 0 Å². The zero-order chi connectivity index (χ0) is 38.9. The highest BCUT2D eigenvalue weighted by Gasteiger charge is 2.39. The molecule has 0 bridgehead atoms. The van der Waals surface area contributed by atoms with Gasteiger partial charge in [0.25, 0.3) is 6.73 Å². The van der Waals surface area contributed by atoms with Crippen LogP contribution in [0.2, 0.25) is 0 Å². The number of carbonyl (C=O) groups excluding carboxylic acids is 1. The van der Waals surface area contributed by atoms with Gasteiger partial charge in [-0.3, -0.25) is 4.79 Å². The van der Waals surface area contributed by atoms with Crippen molar-refractivity contribution in [1.29, 1.82) is 0 Å². The van der Waals surface area contributed by atoms with Crippen LogP contribution in [-0.4, -0.2) is 22.8 Å². The lowest BCUT2D eigenvalue weighted by molar-refractivity contribution is -0.488. The van der Waals surface area contributed by atoms with E-state index in [0.717, 1.165) is 24.9 Å². The molecule has 54 heavy (non-hydrogen) atoms. The number of rotatable bonds is 14. The van der Waals surface area contributed by atoms with Gasteiger partial charge in [-0.05, 0) is 115 Å². The second-order valence-electron chi connectivity index (χ2n) is 14.1. The molecule has 4 aromatic rings. The van der Waals surface area contributed by atoms with Crippen molar-refractivity contribution in [1.82, 2.24) is 0 Å². The number of ketones is 1. The second kappa shape index (κ2) is 21.8. The van der Waals surface area contributed by atoms with Crippen LogP contribution < -0.4 is 0 Å². The number of hydrogen-bond acceptors (Lipinski definition) is 2. The predicted octanol–water partition coefficient (Wildman–Crippen LogP) is 13.8. The van der Waals surface area contributed by atoms with Gasteiger partial charge in [0.2, 0.25) is 5.69 Å². The Morgan fingerprint density at radius 2 is 1.37 bits per heavy atom. The van der Waals surface area contributed by atoms with E-state index in [0.29, 0.717) is 24.3 Å². The largest absolute Gasteiger partial charge is 0.440 e. The summed E-state index contributed by atoms with van der Waals surface area (Å²) in [4.78, 5) is 11.8. The molecule has 0 aliphatic heterocycles. The van der Waals surface area contributed by atoms with Gasteiger partial charge in [-0.2, -0.15) is 4.58 Å². The fourth-order valence-electron chi connectivity index (χ4n) is 7.54. The third-order valence-corrected chi connectivity index (χ3v) is 10.5. The minimum atomic E-state index is -0.0102. The van der Waals surface area contributed by atoms with Crippen LogP contribution in [0, 0.1) is 5.92 Å². The minimum Gasteiger partial charge on any atom is -0.440 e. The van der Waals surface area contributed by atoms with E-state index in [1.807, 2.05) is 34.6 Å². The highest BCUT2D eigenvalue weighted by atomic mass is 16.5. The zero-order valence-electron chi connectivity index (χ0n) is 34.3. The highest BCUT2D eigenvalue weighted by Crippen LogP contribution is 2.41. The molecule has 0 radical (unpaired) electrons. The average Bonchev–Trinajstić information content (AvgIpc) is 3.46. The number of carbonyl (C=O) groups is 1. The smallest absolute Gasteiger partial charge is 0.292 e. The van der Waals surface area contributed by atoms with Gasteiger partial charge in [-0.25, -0.2) is 0 Å². The van der Waals surface area contributed by atoms with E-state index in [4.69, 9.17) is 4.74 Å². The van der Waals surface area contributed by atoms with E-state index in [1.54, 1.807) is 13.0 Å². The number of unbranched alkanes of at least 4 members (excludes halogenated alkanes) is 3. The lowest BCUT2D eigenvalue weighted by atomic mass is 9.94. The second-order valence-corrected chi connectivity index (χ2v) is 14.1. The molecule has 6 rings (SSSR count). The summed E-state index contributed by atoms with van der Waals surface area (Å²) in [6.07, 6.45) is 17.6. The van der Waals surface area contributed by atoms with Crippen LogP contribution in [0.25, 0.3) is 16.7 Å². The normalized spacial score (nSPS) is 17.0. The summed E-state index contributed by atoms with van der Waals surface area (Å²) in [5.74, 6) is 1.28. The summed E-state index contributed by atoms with van der Waals surface area (Å²) in [6.45, 7) is 16.4. The molecule has 0 fully saturated rings. The number of nitrogens with zero attached hydrogens (tertiary/aromatic N) is 1. The number of aryl methyl sites for hydroxylation is 2. The molecule has 0 N–H and O–H groups in total. The van der Waals surface area contributed by atoms with Crippen LogP contribution in [0.1, 0.15) is 128 Å². The van der Waals surface area contributed by atoms with Crippen molar-refractivity contribution in [2.45, 2.75) is 113 Å². The van der Waals surface area contributed by atoms with Gasteiger partial charge >= 0.3 is 0 Å². The quantitative estimate of drug-likeness (QED) is 0.0426. The monoisotopic (exact) mass is 722 g/mol. The molecular weight excluding hydrogens is 659 g/mol. The van der Waals surface area contributed by atoms with Gasteiger partial charge in [0.15, 0.2) is 11.5 Å². The highest BCUT2D eigenvalue weighted by molar-refractivity contribution is 6.05. The lowest BCUT2D eigenvalue weighted by Gasteiger charge is -2.14. The zero-order valence-corrected chi connectivity index (χ0v) is 34.3. The van der Waals surface area contributed by atoms with Crippen LogP contribution in [0.15, 0.2) is 127 Å². The molecule has 2 aliphatic rings. The molecule has 2 aliphatic carbocycles. The van der Waals surface area contributed by atoms with E-state index in [1.165, 1.54) is 82.3 Å². The van der Waals surface area contributed by atoms with Crippen molar-refractivity contribution in [3.8, 4) is 11.1 Å². The number of allylic oxidation sites excluding steroid dienone is 6. The number of hydrogen-bond donors (Lipinski definition) is 0. The van der Waals surface area contributed by atoms with Crippen molar-refractivity contribution in [3.05, 3.63) is 155 Å². The van der Waals surface area contributed by atoms with Gasteiger partial charge in [0, 0.05) is 29.7 Å². The molecule has 3 nitrogen and oxygen atoms in total. The molecule has 0 heterocycles. The lowest BCUT2D eigenvalue weighted by Crippen LogP contribution is -2.24. The Morgan fingerprint density at radius 3 is 2.04 bits per heavy atom. The van der Waals surface area contributed by atoms with E-state index in [2.05, 4.69) is 134 Å². The van der Waals surface area contributed by atoms with Gasteiger partial charge < -0.3 is 4.74 Å². The first-order valence-corrected chi connectivity index (χ1v) is 20.6. The molecule has 0 saturated carbocycles. The summed E-state index contributed by atoms with van der Waals surface area (Å²) in [5, 5.41) is 0. The fourth-order valence-corrected chi connectivity index (χ4v) is 7.54. The number of ether oxygens (including phenoxy) is 1. The summed E-state index contributed by atoms with van der Waals surface area (Å²) >= 11 is 0. The van der Waals surface area contributed by atoms with E-state index < -0.39 is 0 Å². The molecule has 4 aromatic carbocycles. The van der Waals surface area contributed by atoms with Crippen molar-refractivity contribution >= 4 is 22.8 Å². The first-order valence-electron chi connectivity index (χ1n) is 20.6. The summed E-state index contributed by atoms with van der Waals surface area (Å²) in [7, 11) is 0. The van der Waals surface area contributed by atoms with Crippen LogP contribution in [-0.2, 0) is 22.4 Å². The Morgan fingerprint density at radius 1 is 0.722 bits per heavy atom. The van der Waals surface area contributed by atoms with Crippen molar-refractivity contribution in [2.24, 2.45) is 5.92 Å². The van der Waals surface area contributed by atoms with Gasteiger partial charge in [0.1, 0.15) is 5.76 Å². The first kappa shape index (κ1) is 42.0. The molecule has 0 saturated heterocycles. The summed E-state index contributed by atoms with van der Waals surface area (Å²) < 4.78 is 8.59. The van der Waals surface area contributed by atoms with Crippen LogP contribution >= 0.6 is 0 Å². The Bertz CT molecular complexity index is 1910. The standard InChI is InChI=1S/C47H52NO2.2C2H6/c1-34(49)30-35(2)50-33-48(44-27-24-41(25-28-44)40-21-13-8-14-22-40)47-37(4)36(3)45-29-26-43(32-46(45)47)42-23-15-20-39(31-42)19-10-6-5-9-16-38-17-11-7-12-18-38;2*1-2/h7-8,11-13,15,17-18,20-21,23-32,36-37H,5-6,9-10,14,16,19,22,33H2,1-4H3;2*1-2H3/q+1;;/b35-30-,48-47+;;. The Labute approximate surface area is 327 Å².